The molecule has 2 N–H and O–H groups in total. The van der Waals surface area contributed by atoms with Gasteiger partial charge in [0.05, 0.1) is 16.5 Å². The molecule has 4 aromatic carbocycles. The molecule has 11 heteroatoms. The van der Waals surface area contributed by atoms with Crippen molar-refractivity contribution in [2.45, 2.75) is 36.2 Å². The Kier molecular flexibility index (Phi) is 9.37. The van der Waals surface area contributed by atoms with E-state index in [2.05, 4.69) is 11.4 Å². The largest absolute Gasteiger partial charge is 0.480 e. The molecule has 228 valence electrons. The summed E-state index contributed by atoms with van der Waals surface area (Å²) in [5.41, 5.74) is 2.80. The average molecular weight is 623 g/mol. The van der Waals surface area contributed by atoms with Gasteiger partial charge in [0.2, 0.25) is 5.91 Å². The second kappa shape index (κ2) is 13.5. The Balaban J connectivity index is 1.38. The van der Waals surface area contributed by atoms with Gasteiger partial charge in [-0.25, -0.2) is 4.79 Å². The van der Waals surface area contributed by atoms with Gasteiger partial charge in [-0.15, -0.1) is 0 Å². The number of rotatable bonds is 10. The predicted molar refractivity (Wildman–Crippen MR) is 166 cm³/mol. The number of carboxylic acid groups (broad SMARTS) is 1. The summed E-state index contributed by atoms with van der Waals surface area (Å²) in [6.45, 7) is 0.0894. The third kappa shape index (κ3) is 6.77. The highest BCUT2D eigenvalue weighted by Crippen LogP contribution is 2.28. The molecule has 1 heterocycles. The number of nitriles is 1. The number of amides is 2. The van der Waals surface area contributed by atoms with Gasteiger partial charge < -0.3 is 10.4 Å². The summed E-state index contributed by atoms with van der Waals surface area (Å²) >= 11 is 0. The predicted octanol–water partition coefficient (Wildman–Crippen LogP) is 4.25. The van der Waals surface area contributed by atoms with Crippen molar-refractivity contribution in [3.63, 3.8) is 0 Å². The lowest BCUT2D eigenvalue weighted by Crippen LogP contribution is -2.57. The first kappa shape index (κ1) is 31.1. The van der Waals surface area contributed by atoms with Crippen LogP contribution in [0, 0.1) is 11.3 Å². The quantitative estimate of drug-likeness (QED) is 0.267. The molecule has 4 aromatic rings. The van der Waals surface area contributed by atoms with E-state index in [0.29, 0.717) is 22.0 Å². The molecule has 10 nitrogen and oxygen atoms in total. The van der Waals surface area contributed by atoms with E-state index >= 15 is 0 Å². The maximum atomic E-state index is 13.9. The van der Waals surface area contributed by atoms with Crippen LogP contribution >= 0.6 is 0 Å². The molecule has 0 aliphatic carbocycles. The number of benzene rings is 4. The minimum atomic E-state index is -4.43. The normalized spacial score (nSPS) is 15.5. The number of carbonyl (C=O) groups is 3. The average Bonchev–Trinajstić information content (AvgIpc) is 3.54. The number of carbonyl (C=O) groups excluding carboxylic acids is 2. The Bertz CT molecular complexity index is 1840. The summed E-state index contributed by atoms with van der Waals surface area (Å²) in [7, 11) is -4.43. The molecule has 45 heavy (non-hydrogen) atoms. The maximum absolute atomic E-state index is 13.9. The Hall–Kier alpha value is -5.31. The summed E-state index contributed by atoms with van der Waals surface area (Å²) in [6, 6.07) is 29.3. The van der Waals surface area contributed by atoms with E-state index in [1.807, 2.05) is 12.1 Å². The van der Waals surface area contributed by atoms with Crippen LogP contribution in [0.5, 0.6) is 0 Å². The first-order valence-corrected chi connectivity index (χ1v) is 15.7. The van der Waals surface area contributed by atoms with E-state index in [-0.39, 0.29) is 29.8 Å². The molecule has 0 bridgehead atoms. The number of carboxylic acids is 1. The fourth-order valence-corrected chi connectivity index (χ4v) is 6.84. The van der Waals surface area contributed by atoms with E-state index in [9.17, 15) is 33.2 Å². The molecule has 5 rings (SSSR count). The molecule has 1 aliphatic rings. The molecule has 0 saturated carbocycles. The molecule has 1 saturated heterocycles. The number of nitrogens with zero attached hydrogens (tertiary/aromatic N) is 3. The standard InChI is InChI=1S/C34H30N4O6S/c35-23-27-12-7-8-15-29(27)25-19-17-24(18-20-25)22-30(34(41)42)36-32(39)31-16-9-21-37(31)38(33(40)26-10-3-1-4-11-26)45(43,44)28-13-5-2-6-14-28/h1-8,10-15,17-20,30-31H,9,16,21-22H2,(H,36,39)(H,41,42)/t30-,31-/m0/s1. The molecule has 1 fully saturated rings. The summed E-state index contributed by atoms with van der Waals surface area (Å²) in [5.74, 6) is -2.79. The molecule has 2 amide bonds. The van der Waals surface area contributed by atoms with Crippen LogP contribution in [0.4, 0.5) is 0 Å². The van der Waals surface area contributed by atoms with Gasteiger partial charge in [-0.05, 0) is 59.9 Å². The van der Waals surface area contributed by atoms with Crippen LogP contribution in [0.2, 0.25) is 0 Å². The van der Waals surface area contributed by atoms with Gasteiger partial charge in [0, 0.05) is 18.5 Å². The van der Waals surface area contributed by atoms with Crippen molar-refractivity contribution in [2.75, 3.05) is 6.54 Å². The molecule has 0 unspecified atom stereocenters. The zero-order valence-electron chi connectivity index (χ0n) is 24.1. The number of hydrogen-bond donors (Lipinski definition) is 2. The molecule has 1 aliphatic heterocycles. The topological polar surface area (TPSA) is 148 Å². The van der Waals surface area contributed by atoms with Crippen molar-refractivity contribution in [1.82, 2.24) is 14.7 Å². The highest BCUT2D eigenvalue weighted by Gasteiger charge is 2.44. The monoisotopic (exact) mass is 622 g/mol. The van der Waals surface area contributed by atoms with E-state index in [1.165, 1.54) is 29.3 Å². The van der Waals surface area contributed by atoms with Crippen molar-refractivity contribution in [3.05, 3.63) is 126 Å². The van der Waals surface area contributed by atoms with Gasteiger partial charge in [0.15, 0.2) is 0 Å². The first-order valence-electron chi connectivity index (χ1n) is 14.3. The second-order valence-electron chi connectivity index (χ2n) is 10.5. The lowest BCUT2D eigenvalue weighted by molar-refractivity contribution is -0.143. The fraction of sp³-hybridized carbons (Fsp3) is 0.176. The second-order valence-corrected chi connectivity index (χ2v) is 12.3. The number of aliphatic carboxylic acids is 1. The van der Waals surface area contributed by atoms with Crippen LogP contribution in [0.25, 0.3) is 11.1 Å². The van der Waals surface area contributed by atoms with Crippen LogP contribution in [-0.4, -0.2) is 59.4 Å². The van der Waals surface area contributed by atoms with Crippen LogP contribution in [0.1, 0.15) is 34.3 Å². The number of hydrazine groups is 1. The SMILES string of the molecule is N#Cc1ccccc1-c1ccc(C[C@H](NC(=O)[C@@H]2CCCN2N(C(=O)c2ccccc2)S(=O)(=O)c2ccccc2)C(=O)O)cc1. The minimum Gasteiger partial charge on any atom is -0.480 e. The van der Waals surface area contributed by atoms with E-state index < -0.39 is 39.9 Å². The number of hydrogen-bond acceptors (Lipinski definition) is 7. The van der Waals surface area contributed by atoms with Gasteiger partial charge in [0.1, 0.15) is 12.1 Å². The van der Waals surface area contributed by atoms with Gasteiger partial charge in [0.25, 0.3) is 15.9 Å². The van der Waals surface area contributed by atoms with E-state index in [1.54, 1.807) is 72.8 Å². The highest BCUT2D eigenvalue weighted by atomic mass is 32.2. The summed E-state index contributed by atoms with van der Waals surface area (Å²) in [5, 5.41) is 23.2. The smallest absolute Gasteiger partial charge is 0.326 e. The molecule has 0 radical (unpaired) electrons. The van der Waals surface area contributed by atoms with Crippen molar-refractivity contribution in [1.29, 1.82) is 5.26 Å². The van der Waals surface area contributed by atoms with E-state index in [4.69, 9.17) is 0 Å². The Labute approximate surface area is 261 Å². The lowest BCUT2D eigenvalue weighted by atomic mass is 9.97. The zero-order valence-corrected chi connectivity index (χ0v) is 24.9. The molecule has 0 spiro atoms. The lowest BCUT2D eigenvalue weighted by Gasteiger charge is -2.34. The molecule has 2 atom stereocenters. The fourth-order valence-electron chi connectivity index (χ4n) is 5.34. The minimum absolute atomic E-state index is 0.0387. The zero-order chi connectivity index (χ0) is 32.0. The maximum Gasteiger partial charge on any atom is 0.326 e. The van der Waals surface area contributed by atoms with Crippen molar-refractivity contribution in [3.8, 4) is 17.2 Å². The third-order valence-electron chi connectivity index (χ3n) is 7.59. The van der Waals surface area contributed by atoms with Gasteiger partial charge in [-0.3, -0.25) is 9.59 Å². The number of sulfonamides is 1. The van der Waals surface area contributed by atoms with Gasteiger partial charge in [-0.2, -0.15) is 23.1 Å². The van der Waals surface area contributed by atoms with E-state index in [0.717, 1.165) is 11.1 Å². The van der Waals surface area contributed by atoms with Crippen molar-refractivity contribution < 1.29 is 27.9 Å². The van der Waals surface area contributed by atoms with Crippen LogP contribution in [0.15, 0.2) is 114 Å². The summed E-state index contributed by atoms with van der Waals surface area (Å²) in [4.78, 5) is 39.5. The molecule has 0 aromatic heterocycles. The highest BCUT2D eigenvalue weighted by molar-refractivity contribution is 7.89. The van der Waals surface area contributed by atoms with Crippen LogP contribution in [-0.2, 0) is 26.0 Å². The Morgan fingerprint density at radius 3 is 2.18 bits per heavy atom. The Morgan fingerprint density at radius 2 is 1.53 bits per heavy atom. The summed E-state index contributed by atoms with van der Waals surface area (Å²) in [6.07, 6.45) is 0.585. The summed E-state index contributed by atoms with van der Waals surface area (Å²) < 4.78 is 28.4. The third-order valence-corrected chi connectivity index (χ3v) is 9.29. The molecular weight excluding hydrogens is 592 g/mol. The van der Waals surface area contributed by atoms with Crippen LogP contribution < -0.4 is 5.32 Å². The Morgan fingerprint density at radius 1 is 0.911 bits per heavy atom. The number of nitrogens with one attached hydrogen (secondary N) is 1. The van der Waals surface area contributed by atoms with Gasteiger partial charge >= 0.3 is 5.97 Å². The molecular formula is C34H30N4O6S. The van der Waals surface area contributed by atoms with Gasteiger partial charge in [-0.1, -0.05) is 78.9 Å². The first-order chi connectivity index (χ1) is 21.7. The van der Waals surface area contributed by atoms with Crippen LogP contribution in [0.3, 0.4) is 0 Å². The van der Waals surface area contributed by atoms with Crippen molar-refractivity contribution >= 4 is 27.8 Å². The van der Waals surface area contributed by atoms with Crippen molar-refractivity contribution in [2.24, 2.45) is 0 Å².